The second-order valence-corrected chi connectivity index (χ2v) is 11.1. The third kappa shape index (κ3) is 6.45. The summed E-state index contributed by atoms with van der Waals surface area (Å²) < 4.78 is 0. The lowest BCUT2D eigenvalue weighted by Gasteiger charge is -2.18. The van der Waals surface area contributed by atoms with Crippen molar-refractivity contribution in [3.8, 4) is 0 Å². The average molecular weight is 656 g/mol. The van der Waals surface area contributed by atoms with Crippen molar-refractivity contribution in [3.63, 3.8) is 0 Å². The summed E-state index contributed by atoms with van der Waals surface area (Å²) in [5.41, 5.74) is 4.52. The van der Waals surface area contributed by atoms with Crippen molar-refractivity contribution in [2.45, 2.75) is 12.5 Å². The Hall–Kier alpha value is -3.76. The summed E-state index contributed by atoms with van der Waals surface area (Å²) in [7, 11) is 1.59. The highest BCUT2D eigenvalue weighted by molar-refractivity contribution is 6.38. The van der Waals surface area contributed by atoms with Gasteiger partial charge >= 0.3 is 0 Å². The smallest absolute Gasteiger partial charge is 0.278 e. The van der Waals surface area contributed by atoms with E-state index in [0.29, 0.717) is 65.1 Å². The standard InChI is InChI=1S/C16H12Cl2N2O2.C15H10Cl2N2O2/c1-20-13-7-6-9(17)8-11(13)14(19-15(21)16(20)22)10-4-2-3-5-12(10)18;16-8-5-6-12-10(7-8)13(19-15(21)14(20)18-12)9-3-1-2-4-11(9)17/h2-8,15,21H,1H3;1-7,15,21H,(H,18,20). The number of nitrogens with one attached hydrogen (secondary N) is 1. The lowest BCUT2D eigenvalue weighted by atomic mass is 10.0. The molecule has 2 atom stereocenters. The van der Waals surface area contributed by atoms with Crippen LogP contribution in [0.25, 0.3) is 0 Å². The molecule has 218 valence electrons. The maximum Gasteiger partial charge on any atom is 0.278 e. The molecule has 2 amide bonds. The van der Waals surface area contributed by atoms with Gasteiger partial charge in [-0.05, 0) is 48.5 Å². The molecule has 12 heteroatoms. The van der Waals surface area contributed by atoms with E-state index in [9.17, 15) is 19.8 Å². The first-order valence-electron chi connectivity index (χ1n) is 12.7. The highest BCUT2D eigenvalue weighted by Gasteiger charge is 2.29. The number of aliphatic hydroxyl groups is 2. The van der Waals surface area contributed by atoms with Gasteiger partial charge in [-0.1, -0.05) is 82.8 Å². The first-order valence-corrected chi connectivity index (χ1v) is 14.3. The van der Waals surface area contributed by atoms with E-state index in [2.05, 4.69) is 15.3 Å². The van der Waals surface area contributed by atoms with E-state index >= 15 is 0 Å². The molecule has 0 radical (unpaired) electrons. The van der Waals surface area contributed by atoms with Crippen molar-refractivity contribution in [3.05, 3.63) is 127 Å². The molecule has 4 aromatic rings. The number of rotatable bonds is 2. The molecule has 0 aromatic heterocycles. The van der Waals surface area contributed by atoms with Gasteiger partial charge in [-0.2, -0.15) is 0 Å². The Balaban J connectivity index is 0.000000171. The van der Waals surface area contributed by atoms with Crippen LogP contribution in [0.15, 0.2) is 94.9 Å². The summed E-state index contributed by atoms with van der Waals surface area (Å²) in [5, 5.41) is 24.5. The predicted molar refractivity (Wildman–Crippen MR) is 171 cm³/mol. The van der Waals surface area contributed by atoms with E-state index in [1.807, 2.05) is 6.07 Å². The number of benzene rings is 4. The molecule has 2 aliphatic heterocycles. The van der Waals surface area contributed by atoms with Crippen LogP contribution in [0.3, 0.4) is 0 Å². The number of hydrogen-bond acceptors (Lipinski definition) is 6. The molecule has 0 saturated carbocycles. The Labute approximate surface area is 266 Å². The summed E-state index contributed by atoms with van der Waals surface area (Å²) in [6.45, 7) is 0. The summed E-state index contributed by atoms with van der Waals surface area (Å²) in [6.07, 6.45) is -2.98. The van der Waals surface area contributed by atoms with Gasteiger partial charge in [-0.3, -0.25) is 9.59 Å². The van der Waals surface area contributed by atoms with Gasteiger partial charge in [0.05, 0.1) is 22.8 Å². The van der Waals surface area contributed by atoms with Gasteiger partial charge < -0.3 is 20.4 Å². The van der Waals surface area contributed by atoms with Crippen LogP contribution in [0.2, 0.25) is 20.1 Å². The van der Waals surface area contributed by atoms with Crippen LogP contribution in [-0.2, 0) is 9.59 Å². The Morgan fingerprint density at radius 2 is 1.19 bits per heavy atom. The van der Waals surface area contributed by atoms with Crippen LogP contribution in [0.4, 0.5) is 11.4 Å². The van der Waals surface area contributed by atoms with Gasteiger partial charge in [0.1, 0.15) is 0 Å². The predicted octanol–water partition coefficient (Wildman–Crippen LogP) is 6.23. The molecule has 0 fully saturated rings. The highest BCUT2D eigenvalue weighted by Crippen LogP contribution is 2.32. The number of amides is 2. The first kappa shape index (κ1) is 30.7. The van der Waals surface area contributed by atoms with E-state index < -0.39 is 24.3 Å². The van der Waals surface area contributed by atoms with Crippen LogP contribution in [0.1, 0.15) is 22.3 Å². The Kier molecular flexibility index (Phi) is 9.17. The van der Waals surface area contributed by atoms with Crippen molar-refractivity contribution < 1.29 is 19.8 Å². The van der Waals surface area contributed by atoms with Crippen LogP contribution in [-0.4, -0.2) is 53.0 Å². The van der Waals surface area contributed by atoms with E-state index in [1.165, 1.54) is 4.90 Å². The molecule has 2 heterocycles. The molecule has 0 bridgehead atoms. The molecule has 43 heavy (non-hydrogen) atoms. The molecule has 0 saturated heterocycles. The number of carbonyl (C=O) groups is 2. The number of halogens is 4. The molecular formula is C31H22Cl4N4O4. The zero-order valence-corrected chi connectivity index (χ0v) is 25.3. The second kappa shape index (κ2) is 12.9. The van der Waals surface area contributed by atoms with Crippen LogP contribution < -0.4 is 10.2 Å². The molecule has 2 aliphatic rings. The third-order valence-corrected chi connectivity index (χ3v) is 7.75. The summed E-state index contributed by atoms with van der Waals surface area (Å²) >= 11 is 24.6. The van der Waals surface area contributed by atoms with Gasteiger partial charge in [0.2, 0.25) is 12.5 Å². The van der Waals surface area contributed by atoms with Crippen LogP contribution in [0, 0.1) is 0 Å². The molecular weight excluding hydrogens is 634 g/mol. The van der Waals surface area contributed by atoms with E-state index in [0.717, 1.165) is 0 Å². The normalized spacial score (nSPS) is 17.7. The molecule has 0 aliphatic carbocycles. The fourth-order valence-corrected chi connectivity index (χ4v) is 5.33. The maximum atomic E-state index is 12.2. The van der Waals surface area contributed by atoms with Crippen molar-refractivity contribution in [1.29, 1.82) is 0 Å². The van der Waals surface area contributed by atoms with Crippen molar-refractivity contribution in [1.82, 2.24) is 0 Å². The van der Waals surface area contributed by atoms with Gasteiger partial charge in [0.15, 0.2) is 0 Å². The van der Waals surface area contributed by atoms with E-state index in [-0.39, 0.29) is 0 Å². The molecule has 2 unspecified atom stereocenters. The van der Waals surface area contributed by atoms with Crippen molar-refractivity contribution in [2.75, 3.05) is 17.3 Å². The fraction of sp³-hybridized carbons (Fsp3) is 0.0968. The lowest BCUT2D eigenvalue weighted by Crippen LogP contribution is -2.34. The molecule has 0 spiro atoms. The van der Waals surface area contributed by atoms with Crippen molar-refractivity contribution in [2.24, 2.45) is 9.98 Å². The van der Waals surface area contributed by atoms with Gasteiger partial charge in [0, 0.05) is 49.4 Å². The molecule has 4 aromatic carbocycles. The Bertz CT molecular complexity index is 1810. The van der Waals surface area contributed by atoms with Gasteiger partial charge in [0.25, 0.3) is 11.8 Å². The molecule has 6 rings (SSSR count). The Morgan fingerprint density at radius 1 is 0.674 bits per heavy atom. The summed E-state index contributed by atoms with van der Waals surface area (Å²) in [5.74, 6) is -1.11. The summed E-state index contributed by atoms with van der Waals surface area (Å²) in [6, 6.07) is 24.3. The SMILES string of the molecule is CN1C(=O)C(O)N=C(c2ccccc2Cl)c2cc(Cl)ccc21.O=C1Nc2ccc(Cl)cc2C(c2ccccc2Cl)=NC1O. The topological polar surface area (TPSA) is 115 Å². The first-order chi connectivity index (χ1) is 20.5. The number of nitrogens with zero attached hydrogens (tertiary/aromatic N) is 3. The molecule has 8 nitrogen and oxygen atoms in total. The fourth-order valence-electron chi connectivity index (χ4n) is 4.53. The minimum atomic E-state index is -1.50. The third-order valence-electron chi connectivity index (χ3n) is 6.62. The lowest BCUT2D eigenvalue weighted by molar-refractivity contribution is -0.125. The second-order valence-electron chi connectivity index (χ2n) is 9.40. The molecule has 3 N–H and O–H groups in total. The minimum Gasteiger partial charge on any atom is -0.364 e. The van der Waals surface area contributed by atoms with Crippen molar-refractivity contribution >= 4 is 81.0 Å². The van der Waals surface area contributed by atoms with Crippen LogP contribution >= 0.6 is 46.4 Å². The number of aliphatic hydroxyl groups excluding tert-OH is 2. The number of carbonyl (C=O) groups excluding carboxylic acids is 2. The maximum absolute atomic E-state index is 12.2. The van der Waals surface area contributed by atoms with E-state index in [4.69, 9.17) is 46.4 Å². The minimum absolute atomic E-state index is 0.420. The number of anilines is 2. The number of likely N-dealkylation sites (N-methyl/N-ethyl adjacent to an activating group) is 1. The largest absolute Gasteiger partial charge is 0.364 e. The van der Waals surface area contributed by atoms with Gasteiger partial charge in [-0.15, -0.1) is 0 Å². The zero-order chi connectivity index (χ0) is 30.8. The quantitative estimate of drug-likeness (QED) is 0.238. The summed E-state index contributed by atoms with van der Waals surface area (Å²) in [4.78, 5) is 33.6. The highest BCUT2D eigenvalue weighted by atomic mass is 35.5. The number of aliphatic imine (C=N–C) groups is 2. The van der Waals surface area contributed by atoms with Crippen LogP contribution in [0.5, 0.6) is 0 Å². The zero-order valence-electron chi connectivity index (χ0n) is 22.3. The van der Waals surface area contributed by atoms with E-state index in [1.54, 1.807) is 85.9 Å². The number of benzodiazepines with no additional fused rings is 2. The van der Waals surface area contributed by atoms with Gasteiger partial charge in [-0.25, -0.2) is 9.98 Å². The number of hydrogen-bond donors (Lipinski definition) is 3. The average Bonchev–Trinajstić information content (AvgIpc) is 3.16. The number of fused-ring (bicyclic) bond motifs is 2. The Morgan fingerprint density at radius 3 is 1.79 bits per heavy atom. The monoisotopic (exact) mass is 654 g/mol.